The molecule has 0 unspecified atom stereocenters. The molecule has 8 nitrogen and oxygen atoms in total. The van der Waals surface area contributed by atoms with E-state index < -0.39 is 5.03 Å². The molecule has 0 fully saturated rings. The average molecular weight is 128 g/mol. The minimum atomic E-state index is -0.918. The molecule has 0 bridgehead atoms. The molecule has 0 amide bonds. The Morgan fingerprint density at radius 1 is 1.44 bits per heavy atom. The molecule has 0 aromatic heterocycles. The first-order valence-corrected chi connectivity index (χ1v) is 1.84. The molecule has 0 atom stereocenters. The summed E-state index contributed by atoms with van der Waals surface area (Å²) in [5.41, 5.74) is 0. The molecule has 1 heterocycles. The lowest BCUT2D eigenvalue weighted by Crippen LogP contribution is -1.91. The van der Waals surface area contributed by atoms with Crippen molar-refractivity contribution in [1.82, 2.24) is 0 Å². The van der Waals surface area contributed by atoms with Gasteiger partial charge < -0.3 is 0 Å². The largest absolute Gasteiger partial charge is 0.361 e. The van der Waals surface area contributed by atoms with Crippen LogP contribution in [0.3, 0.4) is 0 Å². The normalized spacial score (nSPS) is 14.4. The SMILES string of the molecule is O=[N+]([O-])N=C1N=NN=N1. The fourth-order valence-electron chi connectivity index (χ4n) is 0.253. The summed E-state index contributed by atoms with van der Waals surface area (Å²) in [6.45, 7) is 0. The van der Waals surface area contributed by atoms with Crippen LogP contribution in [0.25, 0.3) is 0 Å². The van der Waals surface area contributed by atoms with Crippen molar-refractivity contribution in [3.05, 3.63) is 10.1 Å². The molecule has 0 aromatic carbocycles. The van der Waals surface area contributed by atoms with Crippen LogP contribution >= 0.6 is 0 Å². The van der Waals surface area contributed by atoms with Gasteiger partial charge in [-0.1, -0.05) is 10.2 Å². The highest BCUT2D eigenvalue weighted by atomic mass is 16.7. The van der Waals surface area contributed by atoms with Crippen molar-refractivity contribution in [2.24, 2.45) is 25.8 Å². The molecule has 1 rings (SSSR count). The molecular formula is CN6O2. The van der Waals surface area contributed by atoms with E-state index in [9.17, 15) is 10.1 Å². The van der Waals surface area contributed by atoms with Gasteiger partial charge in [-0.15, -0.1) is 0 Å². The minimum absolute atomic E-state index is 0.333. The molecule has 1 aliphatic rings. The lowest BCUT2D eigenvalue weighted by atomic mass is 11.1. The highest BCUT2D eigenvalue weighted by molar-refractivity contribution is 5.80. The first kappa shape index (κ1) is 5.41. The van der Waals surface area contributed by atoms with Gasteiger partial charge in [0.25, 0.3) is 0 Å². The number of rotatable bonds is 1. The maximum absolute atomic E-state index is 9.57. The van der Waals surface area contributed by atoms with E-state index in [0.717, 1.165) is 0 Å². The van der Waals surface area contributed by atoms with E-state index in [1.165, 1.54) is 0 Å². The van der Waals surface area contributed by atoms with Crippen molar-refractivity contribution < 1.29 is 5.03 Å². The van der Waals surface area contributed by atoms with Crippen LogP contribution < -0.4 is 0 Å². The number of hydrazone groups is 1. The minimum Gasteiger partial charge on any atom is -0.233 e. The van der Waals surface area contributed by atoms with E-state index in [1.807, 2.05) is 0 Å². The Hall–Kier alpha value is -1.73. The third-order valence-corrected chi connectivity index (χ3v) is 0.479. The Kier molecular flexibility index (Phi) is 1.22. The topological polar surface area (TPSA) is 105 Å². The summed E-state index contributed by atoms with van der Waals surface area (Å²) in [6, 6.07) is 0. The second-order valence-electron chi connectivity index (χ2n) is 1.02. The van der Waals surface area contributed by atoms with Crippen LogP contribution in [0.2, 0.25) is 0 Å². The van der Waals surface area contributed by atoms with Crippen molar-refractivity contribution in [3.63, 3.8) is 0 Å². The zero-order chi connectivity index (χ0) is 6.69. The average Bonchev–Trinajstić information content (AvgIpc) is 2.15. The second-order valence-corrected chi connectivity index (χ2v) is 1.02. The molecule has 0 spiro atoms. The fourth-order valence-corrected chi connectivity index (χ4v) is 0.253. The fraction of sp³-hybridized carbons (Fsp3) is 0. The van der Waals surface area contributed by atoms with Gasteiger partial charge in [0.05, 0.1) is 0 Å². The van der Waals surface area contributed by atoms with Crippen molar-refractivity contribution in [1.29, 1.82) is 0 Å². The first-order valence-electron chi connectivity index (χ1n) is 1.84. The summed E-state index contributed by atoms with van der Waals surface area (Å²) in [5, 5.41) is 23.4. The van der Waals surface area contributed by atoms with Crippen molar-refractivity contribution in [2.45, 2.75) is 0 Å². The van der Waals surface area contributed by atoms with Crippen LogP contribution in [0.4, 0.5) is 0 Å². The van der Waals surface area contributed by atoms with Crippen molar-refractivity contribution in [3.8, 4) is 0 Å². The second kappa shape index (κ2) is 2.03. The highest BCUT2D eigenvalue weighted by Crippen LogP contribution is 1.96. The summed E-state index contributed by atoms with van der Waals surface area (Å²) in [6.07, 6.45) is 0. The Bertz CT molecular complexity index is 199. The molecule has 1 aliphatic heterocycles. The zero-order valence-corrected chi connectivity index (χ0v) is 4.00. The van der Waals surface area contributed by atoms with Gasteiger partial charge in [-0.25, -0.2) is 10.1 Å². The van der Waals surface area contributed by atoms with E-state index in [4.69, 9.17) is 0 Å². The molecule has 0 radical (unpaired) electrons. The Morgan fingerprint density at radius 3 is 2.44 bits per heavy atom. The number of nitro groups is 1. The number of hydrogen-bond acceptors (Lipinski definition) is 4. The summed E-state index contributed by atoms with van der Waals surface area (Å²) >= 11 is 0. The van der Waals surface area contributed by atoms with E-state index in [0.29, 0.717) is 0 Å². The van der Waals surface area contributed by atoms with Gasteiger partial charge in [-0.2, -0.15) is 0 Å². The van der Waals surface area contributed by atoms with E-state index in [-0.39, 0.29) is 5.96 Å². The first-order chi connectivity index (χ1) is 4.29. The van der Waals surface area contributed by atoms with Gasteiger partial charge in [0.15, 0.2) is 5.03 Å². The molecule has 0 N–H and O–H groups in total. The Morgan fingerprint density at radius 2 is 2.00 bits per heavy atom. The van der Waals surface area contributed by atoms with Crippen molar-refractivity contribution in [2.75, 3.05) is 0 Å². The molecule has 0 saturated heterocycles. The number of guanidine groups is 1. The maximum atomic E-state index is 9.57. The lowest BCUT2D eigenvalue weighted by Gasteiger charge is -1.72. The molecule has 0 saturated carbocycles. The molecule has 8 heteroatoms. The predicted octanol–water partition coefficient (Wildman–Crippen LogP) is 0.367. The standard InChI is InChI=1S/CN6O2/c8-7(9)4-1-2-5-6-3-1. The third-order valence-electron chi connectivity index (χ3n) is 0.479. The van der Waals surface area contributed by atoms with Gasteiger partial charge in [-0.3, -0.25) is 0 Å². The molecule has 9 heavy (non-hydrogen) atoms. The summed E-state index contributed by atoms with van der Waals surface area (Å²) in [5.74, 6) is -0.333. The maximum Gasteiger partial charge on any atom is 0.361 e. The van der Waals surface area contributed by atoms with Gasteiger partial charge in [-0.05, 0) is 10.4 Å². The van der Waals surface area contributed by atoms with Gasteiger partial charge in [0.2, 0.25) is 0 Å². The highest BCUT2D eigenvalue weighted by Gasteiger charge is 2.04. The summed E-state index contributed by atoms with van der Waals surface area (Å²) in [7, 11) is 0. The quantitative estimate of drug-likeness (QED) is 0.375. The predicted molar refractivity (Wildman–Crippen MR) is 24.1 cm³/mol. The van der Waals surface area contributed by atoms with E-state index >= 15 is 0 Å². The van der Waals surface area contributed by atoms with Crippen LogP contribution in [0.15, 0.2) is 25.8 Å². The van der Waals surface area contributed by atoms with Gasteiger partial charge in [0.1, 0.15) is 5.10 Å². The smallest absolute Gasteiger partial charge is 0.233 e. The molecule has 0 aliphatic carbocycles. The molecule has 0 aromatic rings. The third kappa shape index (κ3) is 1.33. The van der Waals surface area contributed by atoms with E-state index in [1.54, 1.807) is 0 Å². The zero-order valence-electron chi connectivity index (χ0n) is 4.00. The lowest BCUT2D eigenvalue weighted by molar-refractivity contribution is -0.485. The van der Waals surface area contributed by atoms with Crippen LogP contribution in [0, 0.1) is 10.1 Å². The van der Waals surface area contributed by atoms with Crippen LogP contribution in [-0.2, 0) is 0 Å². The van der Waals surface area contributed by atoms with Crippen molar-refractivity contribution >= 4 is 5.96 Å². The van der Waals surface area contributed by atoms with Gasteiger partial charge in [0, 0.05) is 0 Å². The van der Waals surface area contributed by atoms with E-state index in [2.05, 4.69) is 25.8 Å². The Balaban J connectivity index is 2.73. The van der Waals surface area contributed by atoms with Crippen LogP contribution in [-0.4, -0.2) is 11.0 Å². The van der Waals surface area contributed by atoms with Gasteiger partial charge >= 0.3 is 5.96 Å². The Labute approximate surface area is 48.1 Å². The molecule has 46 valence electrons. The number of hydrogen-bond donors (Lipinski definition) is 0. The summed E-state index contributed by atoms with van der Waals surface area (Å²) < 4.78 is 0. The van der Waals surface area contributed by atoms with Crippen LogP contribution in [0.1, 0.15) is 0 Å². The monoisotopic (exact) mass is 128 g/mol. The molecular weight excluding hydrogens is 128 g/mol. The van der Waals surface area contributed by atoms with Crippen LogP contribution in [0.5, 0.6) is 0 Å². The number of nitrogens with zero attached hydrogens (tertiary/aromatic N) is 6. The summed E-state index contributed by atoms with van der Waals surface area (Å²) in [4.78, 5) is 9.57.